The summed E-state index contributed by atoms with van der Waals surface area (Å²) in [7, 11) is 1.54. The quantitative estimate of drug-likeness (QED) is 0.643. The van der Waals surface area contributed by atoms with Gasteiger partial charge in [-0.05, 0) is 20.8 Å². The average molecular weight is 268 g/mol. The van der Waals surface area contributed by atoms with Crippen molar-refractivity contribution in [1.82, 2.24) is 4.98 Å². The third-order valence-corrected chi connectivity index (χ3v) is 1.98. The van der Waals surface area contributed by atoms with Crippen LogP contribution in [0.3, 0.4) is 0 Å². The lowest BCUT2D eigenvalue weighted by atomic mass is 10.2. The number of nitrogens with zero attached hydrogens (tertiary/aromatic N) is 2. The van der Waals surface area contributed by atoms with Crippen LogP contribution in [0.4, 0.5) is 22.0 Å². The zero-order valence-corrected chi connectivity index (χ0v) is 11.2. The summed E-state index contributed by atoms with van der Waals surface area (Å²) in [4.78, 5) is 25.5. The van der Waals surface area contributed by atoms with E-state index in [4.69, 9.17) is 4.74 Å². The van der Waals surface area contributed by atoms with Crippen LogP contribution in [-0.4, -0.2) is 28.6 Å². The second kappa shape index (κ2) is 5.51. The van der Waals surface area contributed by atoms with Gasteiger partial charge < -0.3 is 10.1 Å². The van der Waals surface area contributed by atoms with Gasteiger partial charge >= 0.3 is 11.8 Å². The number of hydrogen-bond acceptors (Lipinski definition) is 6. The molecule has 0 unspecified atom stereocenters. The molecule has 104 valence electrons. The Balaban J connectivity index is 2.86. The van der Waals surface area contributed by atoms with Gasteiger partial charge in [0.05, 0.1) is 4.92 Å². The Bertz CT molecular complexity index is 496. The van der Waals surface area contributed by atoms with Crippen molar-refractivity contribution >= 4 is 23.3 Å². The van der Waals surface area contributed by atoms with E-state index in [9.17, 15) is 14.9 Å². The van der Waals surface area contributed by atoms with Gasteiger partial charge in [0.25, 0.3) is 0 Å². The van der Waals surface area contributed by atoms with Crippen LogP contribution in [-0.2, 0) is 4.74 Å². The molecule has 0 atom stereocenters. The summed E-state index contributed by atoms with van der Waals surface area (Å²) in [5.74, 6) is 0.171. The molecule has 2 N–H and O–H groups in total. The largest absolute Gasteiger partial charge is 0.444 e. The van der Waals surface area contributed by atoms with Gasteiger partial charge in [-0.25, -0.2) is 9.78 Å². The van der Waals surface area contributed by atoms with Gasteiger partial charge in [-0.1, -0.05) is 0 Å². The molecule has 1 aromatic rings. The van der Waals surface area contributed by atoms with Crippen LogP contribution in [0.25, 0.3) is 0 Å². The molecular weight excluding hydrogens is 252 g/mol. The predicted molar refractivity (Wildman–Crippen MR) is 70.3 cm³/mol. The van der Waals surface area contributed by atoms with Gasteiger partial charge in [0.2, 0.25) is 0 Å². The highest BCUT2D eigenvalue weighted by Crippen LogP contribution is 2.25. The van der Waals surface area contributed by atoms with Gasteiger partial charge in [0, 0.05) is 13.1 Å². The Morgan fingerprint density at radius 3 is 2.58 bits per heavy atom. The van der Waals surface area contributed by atoms with Crippen LogP contribution >= 0.6 is 0 Å². The van der Waals surface area contributed by atoms with E-state index < -0.39 is 16.6 Å². The maximum absolute atomic E-state index is 11.5. The highest BCUT2D eigenvalue weighted by atomic mass is 16.6. The van der Waals surface area contributed by atoms with Crippen LogP contribution in [0.5, 0.6) is 0 Å². The molecule has 0 fully saturated rings. The minimum atomic E-state index is -0.670. The molecule has 1 aromatic heterocycles. The maximum atomic E-state index is 11.5. The number of aromatic nitrogens is 1. The first-order chi connectivity index (χ1) is 8.73. The van der Waals surface area contributed by atoms with Crippen LogP contribution in [0, 0.1) is 10.1 Å². The molecule has 0 aliphatic carbocycles. The minimum absolute atomic E-state index is 0.169. The fraction of sp³-hybridized carbons (Fsp3) is 0.455. The Labute approximate surface area is 110 Å². The molecule has 0 bridgehead atoms. The number of hydrogen-bond donors (Lipinski definition) is 2. The van der Waals surface area contributed by atoms with E-state index in [0.717, 1.165) is 6.20 Å². The summed E-state index contributed by atoms with van der Waals surface area (Å²) in [6, 6.07) is 1.36. The Morgan fingerprint density at radius 1 is 1.47 bits per heavy atom. The number of carbonyl (C=O) groups is 1. The minimum Gasteiger partial charge on any atom is -0.444 e. The molecular formula is C11H16N4O4. The summed E-state index contributed by atoms with van der Waals surface area (Å²) >= 11 is 0. The lowest BCUT2D eigenvalue weighted by Crippen LogP contribution is -2.27. The molecule has 0 saturated carbocycles. The molecule has 0 spiro atoms. The third kappa shape index (κ3) is 4.41. The first-order valence-corrected chi connectivity index (χ1v) is 5.55. The fourth-order valence-corrected chi connectivity index (χ4v) is 1.27. The van der Waals surface area contributed by atoms with E-state index in [1.165, 1.54) is 6.07 Å². The standard InChI is InChI=1S/C11H16N4O4/c1-11(2,3)19-10(16)14-9-5-7(12-4)8(6-13-9)15(17)18/h5-6H,1-4H3,(H2,12,13,14,16). The van der Waals surface area contributed by atoms with Crippen LogP contribution in [0.2, 0.25) is 0 Å². The summed E-state index contributed by atoms with van der Waals surface area (Å²) in [6.07, 6.45) is 0.398. The highest BCUT2D eigenvalue weighted by molar-refractivity contribution is 5.84. The normalized spacial score (nSPS) is 10.7. The molecule has 8 heteroatoms. The van der Waals surface area contributed by atoms with E-state index in [-0.39, 0.29) is 17.2 Å². The number of nitrogens with one attached hydrogen (secondary N) is 2. The monoisotopic (exact) mass is 268 g/mol. The summed E-state index contributed by atoms with van der Waals surface area (Å²) in [5.41, 5.74) is -0.542. The molecule has 1 amide bonds. The Kier molecular flexibility index (Phi) is 4.26. The van der Waals surface area contributed by atoms with E-state index in [1.807, 2.05) is 0 Å². The second-order valence-electron chi connectivity index (χ2n) is 4.72. The molecule has 1 heterocycles. The van der Waals surface area contributed by atoms with Crippen molar-refractivity contribution in [1.29, 1.82) is 0 Å². The van der Waals surface area contributed by atoms with Crippen molar-refractivity contribution < 1.29 is 14.5 Å². The van der Waals surface area contributed by atoms with Gasteiger partial charge in [-0.2, -0.15) is 0 Å². The molecule has 19 heavy (non-hydrogen) atoms. The van der Waals surface area contributed by atoms with Crippen molar-refractivity contribution in [2.75, 3.05) is 17.7 Å². The molecule has 0 aliphatic heterocycles. The third-order valence-electron chi connectivity index (χ3n) is 1.98. The topological polar surface area (TPSA) is 106 Å². The maximum Gasteiger partial charge on any atom is 0.413 e. The summed E-state index contributed by atoms with van der Waals surface area (Å²) in [5, 5.41) is 15.8. The molecule has 0 radical (unpaired) electrons. The number of ether oxygens (including phenoxy) is 1. The van der Waals surface area contributed by atoms with Gasteiger partial charge in [0.15, 0.2) is 0 Å². The number of nitro groups is 1. The van der Waals surface area contributed by atoms with Crippen molar-refractivity contribution in [3.63, 3.8) is 0 Å². The number of carbonyl (C=O) groups excluding carboxylic acids is 1. The van der Waals surface area contributed by atoms with Gasteiger partial charge in [-0.3, -0.25) is 15.4 Å². The first-order valence-electron chi connectivity index (χ1n) is 5.55. The predicted octanol–water partition coefficient (Wildman–Crippen LogP) is 2.38. The summed E-state index contributed by atoms with van der Waals surface area (Å²) in [6.45, 7) is 5.19. The Morgan fingerprint density at radius 2 is 2.11 bits per heavy atom. The molecule has 0 saturated heterocycles. The SMILES string of the molecule is CNc1cc(NC(=O)OC(C)(C)C)ncc1[N+](=O)[O-]. The van der Waals surface area contributed by atoms with Crippen LogP contribution in [0.15, 0.2) is 12.3 Å². The lowest BCUT2D eigenvalue weighted by Gasteiger charge is -2.19. The van der Waals surface area contributed by atoms with E-state index in [2.05, 4.69) is 15.6 Å². The van der Waals surface area contributed by atoms with Crippen LogP contribution in [0.1, 0.15) is 20.8 Å². The number of rotatable bonds is 3. The molecule has 1 rings (SSSR count). The highest BCUT2D eigenvalue weighted by Gasteiger charge is 2.18. The zero-order valence-electron chi connectivity index (χ0n) is 11.2. The number of amides is 1. The van der Waals surface area contributed by atoms with Gasteiger partial charge in [0.1, 0.15) is 23.3 Å². The van der Waals surface area contributed by atoms with E-state index >= 15 is 0 Å². The number of pyridine rings is 1. The average Bonchev–Trinajstić information content (AvgIpc) is 2.25. The molecule has 0 aliphatic rings. The van der Waals surface area contributed by atoms with Crippen molar-refractivity contribution in [3.8, 4) is 0 Å². The van der Waals surface area contributed by atoms with Crippen LogP contribution < -0.4 is 10.6 Å². The molecule has 8 nitrogen and oxygen atoms in total. The van der Waals surface area contributed by atoms with Gasteiger partial charge in [-0.15, -0.1) is 0 Å². The zero-order chi connectivity index (χ0) is 14.6. The summed E-state index contributed by atoms with van der Waals surface area (Å²) < 4.78 is 5.05. The second-order valence-corrected chi connectivity index (χ2v) is 4.72. The van der Waals surface area contributed by atoms with Crippen molar-refractivity contribution in [2.45, 2.75) is 26.4 Å². The fourth-order valence-electron chi connectivity index (χ4n) is 1.27. The van der Waals surface area contributed by atoms with E-state index in [1.54, 1.807) is 27.8 Å². The van der Waals surface area contributed by atoms with E-state index in [0.29, 0.717) is 0 Å². The first kappa shape index (κ1) is 14.7. The molecule has 0 aromatic carbocycles. The lowest BCUT2D eigenvalue weighted by molar-refractivity contribution is -0.384. The smallest absolute Gasteiger partial charge is 0.413 e. The van der Waals surface area contributed by atoms with Crippen molar-refractivity contribution in [3.05, 3.63) is 22.4 Å². The van der Waals surface area contributed by atoms with Crippen molar-refractivity contribution in [2.24, 2.45) is 0 Å². The number of anilines is 2. The Hall–Kier alpha value is -2.38.